The van der Waals surface area contributed by atoms with E-state index in [1.54, 1.807) is 6.07 Å². The highest BCUT2D eigenvalue weighted by Crippen LogP contribution is 2.11. The van der Waals surface area contributed by atoms with Gasteiger partial charge in [-0.1, -0.05) is 0 Å². The third-order valence-corrected chi connectivity index (χ3v) is 1.68. The van der Waals surface area contributed by atoms with Crippen LogP contribution < -0.4 is 0 Å². The standard InChI is InChI=1S/C6H4NS/c1-5-6(4-7)2-3-8-5/h2H,1H3. The van der Waals surface area contributed by atoms with Crippen molar-refractivity contribution < 1.29 is 0 Å². The molecule has 0 amide bonds. The Morgan fingerprint density at radius 2 is 2.62 bits per heavy atom. The molecule has 1 heterocycles. The summed E-state index contributed by atoms with van der Waals surface area (Å²) in [4.78, 5) is 1.05. The molecule has 8 heavy (non-hydrogen) atoms. The summed E-state index contributed by atoms with van der Waals surface area (Å²) in [7, 11) is 0. The first-order chi connectivity index (χ1) is 3.84. The lowest BCUT2D eigenvalue weighted by atomic mass is 10.3. The molecule has 0 fully saturated rings. The zero-order valence-corrected chi connectivity index (χ0v) is 5.25. The molecule has 0 bridgehead atoms. The summed E-state index contributed by atoms with van der Waals surface area (Å²) in [6.07, 6.45) is 0. The summed E-state index contributed by atoms with van der Waals surface area (Å²) in [6.45, 7) is 1.92. The smallest absolute Gasteiger partial charge is 0.100 e. The lowest BCUT2D eigenvalue weighted by Crippen LogP contribution is -1.65. The maximum Gasteiger partial charge on any atom is 0.100 e. The first kappa shape index (κ1) is 5.33. The van der Waals surface area contributed by atoms with E-state index >= 15 is 0 Å². The molecule has 0 atom stereocenters. The molecule has 1 aromatic heterocycles. The highest BCUT2D eigenvalue weighted by molar-refractivity contribution is 7.09. The zero-order chi connectivity index (χ0) is 5.98. The Bertz CT molecular complexity index is 219. The molecule has 0 unspecified atom stereocenters. The van der Waals surface area contributed by atoms with Gasteiger partial charge in [0, 0.05) is 10.3 Å². The van der Waals surface area contributed by atoms with Crippen LogP contribution in [0, 0.1) is 23.6 Å². The minimum absolute atomic E-state index is 0.745. The van der Waals surface area contributed by atoms with Gasteiger partial charge in [-0.3, -0.25) is 0 Å². The summed E-state index contributed by atoms with van der Waals surface area (Å²) in [5.41, 5.74) is 0.745. The van der Waals surface area contributed by atoms with Crippen molar-refractivity contribution in [1.82, 2.24) is 0 Å². The third kappa shape index (κ3) is 0.728. The molecule has 0 saturated heterocycles. The van der Waals surface area contributed by atoms with Gasteiger partial charge in [0.25, 0.3) is 0 Å². The predicted octanol–water partition coefficient (Wildman–Crippen LogP) is 1.73. The topological polar surface area (TPSA) is 23.8 Å². The van der Waals surface area contributed by atoms with Crippen molar-refractivity contribution in [1.29, 1.82) is 5.26 Å². The summed E-state index contributed by atoms with van der Waals surface area (Å²) in [5.74, 6) is 0. The van der Waals surface area contributed by atoms with Crippen LogP contribution in [-0.4, -0.2) is 0 Å². The number of rotatable bonds is 0. The summed E-state index contributed by atoms with van der Waals surface area (Å²) in [6, 6.07) is 3.76. The minimum atomic E-state index is 0.745. The first-order valence-electron chi connectivity index (χ1n) is 2.21. The van der Waals surface area contributed by atoms with Crippen LogP contribution in [0.3, 0.4) is 0 Å². The number of nitrogens with zero attached hydrogens (tertiary/aromatic N) is 1. The molecule has 0 aliphatic heterocycles. The van der Waals surface area contributed by atoms with Gasteiger partial charge in [0.05, 0.1) is 5.56 Å². The minimum Gasteiger partial charge on any atom is -0.192 e. The summed E-state index contributed by atoms with van der Waals surface area (Å²) < 4.78 is 0. The van der Waals surface area contributed by atoms with Gasteiger partial charge in [0.1, 0.15) is 6.07 Å². The van der Waals surface area contributed by atoms with Gasteiger partial charge in [0.2, 0.25) is 0 Å². The quantitative estimate of drug-likeness (QED) is 0.514. The van der Waals surface area contributed by atoms with Crippen molar-refractivity contribution in [3.8, 4) is 6.07 Å². The second-order valence-corrected chi connectivity index (χ2v) is 2.50. The SMILES string of the molecule is Cc1s[c]cc1C#N. The first-order valence-corrected chi connectivity index (χ1v) is 3.03. The van der Waals surface area contributed by atoms with Gasteiger partial charge in [-0.05, 0) is 13.0 Å². The fraction of sp³-hybridized carbons (Fsp3) is 0.167. The molecule has 1 nitrogen and oxygen atoms in total. The van der Waals surface area contributed by atoms with E-state index in [0.717, 1.165) is 10.4 Å². The average Bonchev–Trinajstić information content (AvgIpc) is 2.14. The third-order valence-electron chi connectivity index (χ3n) is 0.915. The van der Waals surface area contributed by atoms with Crippen LogP contribution >= 0.6 is 11.3 Å². The maximum atomic E-state index is 8.34. The number of thiophene rings is 1. The summed E-state index contributed by atoms with van der Waals surface area (Å²) in [5, 5.41) is 11.2. The molecule has 0 aliphatic carbocycles. The predicted molar refractivity (Wildman–Crippen MR) is 32.6 cm³/mol. The van der Waals surface area contributed by atoms with Crippen molar-refractivity contribution in [3.05, 3.63) is 21.9 Å². The molecular formula is C6H4NS. The Hall–Kier alpha value is -0.810. The average molecular weight is 122 g/mol. The van der Waals surface area contributed by atoms with E-state index in [4.69, 9.17) is 5.26 Å². The lowest BCUT2D eigenvalue weighted by Gasteiger charge is -1.76. The molecule has 1 radical (unpaired) electrons. The highest BCUT2D eigenvalue weighted by atomic mass is 32.1. The van der Waals surface area contributed by atoms with Crippen molar-refractivity contribution in [2.24, 2.45) is 0 Å². The second-order valence-electron chi connectivity index (χ2n) is 1.45. The molecule has 39 valence electrons. The van der Waals surface area contributed by atoms with Crippen LogP contribution in [0.1, 0.15) is 10.4 Å². The van der Waals surface area contributed by atoms with Crippen LogP contribution in [0.5, 0.6) is 0 Å². The van der Waals surface area contributed by atoms with Gasteiger partial charge in [-0.25, -0.2) is 0 Å². The van der Waals surface area contributed by atoms with Gasteiger partial charge in [-0.15, -0.1) is 11.3 Å². The van der Waals surface area contributed by atoms with Crippen LogP contribution in [0.15, 0.2) is 6.07 Å². The Morgan fingerprint density at radius 3 is 2.88 bits per heavy atom. The second kappa shape index (κ2) is 1.97. The monoisotopic (exact) mass is 122 g/mol. The molecule has 0 aromatic carbocycles. The fourth-order valence-electron chi connectivity index (χ4n) is 0.444. The van der Waals surface area contributed by atoms with E-state index in [0.29, 0.717) is 0 Å². The van der Waals surface area contributed by atoms with Gasteiger partial charge >= 0.3 is 0 Å². The van der Waals surface area contributed by atoms with Crippen molar-refractivity contribution >= 4 is 11.3 Å². The van der Waals surface area contributed by atoms with E-state index < -0.39 is 0 Å². The van der Waals surface area contributed by atoms with Crippen LogP contribution in [0.4, 0.5) is 0 Å². The number of nitriles is 1. The van der Waals surface area contributed by atoms with E-state index in [-0.39, 0.29) is 0 Å². The lowest BCUT2D eigenvalue weighted by molar-refractivity contribution is 1.47. The van der Waals surface area contributed by atoms with Gasteiger partial charge in [0.15, 0.2) is 0 Å². The van der Waals surface area contributed by atoms with Crippen LogP contribution in [0.2, 0.25) is 0 Å². The molecule has 0 saturated carbocycles. The summed E-state index contributed by atoms with van der Waals surface area (Å²) >= 11 is 1.48. The molecule has 2 heteroatoms. The number of hydrogen-bond donors (Lipinski definition) is 0. The van der Waals surface area contributed by atoms with Crippen LogP contribution in [-0.2, 0) is 0 Å². The molecule has 0 spiro atoms. The molecular weight excluding hydrogens is 118 g/mol. The van der Waals surface area contributed by atoms with E-state index in [9.17, 15) is 0 Å². The Labute approximate surface area is 52.2 Å². The largest absolute Gasteiger partial charge is 0.192 e. The maximum absolute atomic E-state index is 8.34. The zero-order valence-electron chi connectivity index (χ0n) is 4.43. The fourth-order valence-corrected chi connectivity index (χ4v) is 1.01. The molecule has 1 rings (SSSR count). The van der Waals surface area contributed by atoms with E-state index in [2.05, 4.69) is 11.4 Å². The van der Waals surface area contributed by atoms with Gasteiger partial charge in [-0.2, -0.15) is 5.26 Å². The van der Waals surface area contributed by atoms with E-state index in [1.807, 2.05) is 6.92 Å². The molecule has 1 aromatic rings. The van der Waals surface area contributed by atoms with Crippen molar-refractivity contribution in [2.75, 3.05) is 0 Å². The molecule has 0 N–H and O–H groups in total. The Kier molecular flexibility index (Phi) is 1.32. The van der Waals surface area contributed by atoms with Crippen LogP contribution in [0.25, 0.3) is 0 Å². The van der Waals surface area contributed by atoms with Crippen molar-refractivity contribution in [2.45, 2.75) is 6.92 Å². The van der Waals surface area contributed by atoms with Crippen molar-refractivity contribution in [3.63, 3.8) is 0 Å². The van der Waals surface area contributed by atoms with E-state index in [1.165, 1.54) is 11.3 Å². The van der Waals surface area contributed by atoms with Gasteiger partial charge < -0.3 is 0 Å². The number of hydrogen-bond acceptors (Lipinski definition) is 2. The molecule has 0 aliphatic rings. The Morgan fingerprint density at radius 1 is 1.88 bits per heavy atom. The normalized spacial score (nSPS) is 8.50. The highest BCUT2D eigenvalue weighted by Gasteiger charge is 1.93. The Balaban J connectivity index is 3.15. The number of aryl methyl sites for hydroxylation is 1.